The molecule has 1 saturated carbocycles. The van der Waals surface area contributed by atoms with E-state index in [9.17, 15) is 18.3 Å². The lowest BCUT2D eigenvalue weighted by atomic mass is 9.89. The molecular weight excluding hydrogens is 361 g/mol. The van der Waals surface area contributed by atoms with Crippen LogP contribution in [0.15, 0.2) is 35.6 Å². The van der Waals surface area contributed by atoms with Crippen LogP contribution < -0.4 is 0 Å². The minimum absolute atomic E-state index is 0.0550. The van der Waals surface area contributed by atoms with Crippen LogP contribution in [0.1, 0.15) is 48.9 Å². The van der Waals surface area contributed by atoms with Crippen LogP contribution in [0.5, 0.6) is 0 Å². The minimum atomic E-state index is -4.31. The average molecular weight is 384 g/mol. The van der Waals surface area contributed by atoms with Gasteiger partial charge in [0.25, 0.3) is 0 Å². The maximum absolute atomic E-state index is 12.6. The van der Waals surface area contributed by atoms with Gasteiger partial charge in [-0.3, -0.25) is 0 Å². The normalized spacial score (nSPS) is 16.2. The molecule has 3 rings (SSSR count). The Balaban J connectivity index is 1.66. The lowest BCUT2D eigenvalue weighted by Gasteiger charge is -2.23. The highest BCUT2D eigenvalue weighted by Gasteiger charge is 2.29. The summed E-state index contributed by atoms with van der Waals surface area (Å²) in [6.07, 6.45) is 3.58. The Bertz CT molecular complexity index is 707. The molecule has 0 radical (unpaired) electrons. The zero-order valence-electron chi connectivity index (χ0n) is 14.5. The van der Waals surface area contributed by atoms with Crippen LogP contribution in [0.25, 0.3) is 0 Å². The zero-order chi connectivity index (χ0) is 18.6. The molecule has 0 amide bonds. The number of thioether (sulfide) groups is 1. The molecule has 1 heterocycles. The summed E-state index contributed by atoms with van der Waals surface area (Å²) in [6, 6.07) is 5.25. The lowest BCUT2D eigenvalue weighted by molar-refractivity contribution is -0.137. The fourth-order valence-corrected chi connectivity index (χ4v) is 4.36. The molecule has 1 N–H and O–H groups in total. The van der Waals surface area contributed by atoms with Crippen molar-refractivity contribution < 1.29 is 18.3 Å². The van der Waals surface area contributed by atoms with Crippen LogP contribution in [0.3, 0.4) is 0 Å². The molecule has 0 aliphatic heterocycles. The third kappa shape index (κ3) is 4.82. The fourth-order valence-electron chi connectivity index (χ4n) is 3.39. The van der Waals surface area contributed by atoms with E-state index in [0.29, 0.717) is 11.7 Å². The summed E-state index contributed by atoms with van der Waals surface area (Å²) >= 11 is 1.50. The predicted octanol–water partition coefficient (Wildman–Crippen LogP) is 5.27. The molecule has 0 spiro atoms. The Labute approximate surface area is 155 Å². The van der Waals surface area contributed by atoms with Crippen molar-refractivity contribution in [3.05, 3.63) is 47.3 Å². The van der Waals surface area contributed by atoms with Crippen LogP contribution in [0, 0.1) is 5.92 Å². The molecule has 1 fully saturated rings. The molecule has 3 nitrogen and oxygen atoms in total. The van der Waals surface area contributed by atoms with Crippen molar-refractivity contribution in [3.8, 4) is 0 Å². The summed E-state index contributed by atoms with van der Waals surface area (Å²) in [6.45, 7) is 0.797. The number of imidazole rings is 1. The molecule has 0 unspecified atom stereocenters. The van der Waals surface area contributed by atoms with Crippen LogP contribution in [0.2, 0.25) is 0 Å². The summed E-state index contributed by atoms with van der Waals surface area (Å²) < 4.78 is 40.0. The van der Waals surface area contributed by atoms with Crippen molar-refractivity contribution in [2.75, 3.05) is 0 Å². The molecule has 0 bridgehead atoms. The molecule has 142 valence electrons. The predicted molar refractivity (Wildman–Crippen MR) is 95.7 cm³/mol. The van der Waals surface area contributed by atoms with Crippen molar-refractivity contribution in [3.63, 3.8) is 0 Å². The molecule has 7 heteroatoms. The van der Waals surface area contributed by atoms with E-state index >= 15 is 0 Å². The second kappa shape index (κ2) is 8.48. The van der Waals surface area contributed by atoms with Gasteiger partial charge >= 0.3 is 6.18 Å². The molecular formula is C19H23F3N2OS. The molecule has 1 aliphatic carbocycles. The number of hydrogen-bond acceptors (Lipinski definition) is 3. The van der Waals surface area contributed by atoms with E-state index in [-0.39, 0.29) is 6.61 Å². The molecule has 1 aromatic carbocycles. The van der Waals surface area contributed by atoms with Gasteiger partial charge in [0, 0.05) is 12.3 Å². The van der Waals surface area contributed by atoms with E-state index < -0.39 is 11.7 Å². The topological polar surface area (TPSA) is 38.1 Å². The molecule has 2 aromatic rings. The van der Waals surface area contributed by atoms with E-state index in [4.69, 9.17) is 0 Å². The zero-order valence-corrected chi connectivity index (χ0v) is 15.3. The van der Waals surface area contributed by atoms with Crippen molar-refractivity contribution in [2.24, 2.45) is 5.92 Å². The Hall–Kier alpha value is -1.47. The maximum atomic E-state index is 12.6. The number of aromatic nitrogens is 2. The Morgan fingerprint density at radius 2 is 1.81 bits per heavy atom. The Morgan fingerprint density at radius 1 is 1.12 bits per heavy atom. The number of hydrogen-bond donors (Lipinski definition) is 1. The van der Waals surface area contributed by atoms with Crippen LogP contribution in [0.4, 0.5) is 13.2 Å². The minimum Gasteiger partial charge on any atom is -0.390 e. The molecule has 1 aliphatic rings. The highest BCUT2D eigenvalue weighted by Crippen LogP contribution is 2.31. The van der Waals surface area contributed by atoms with Crippen molar-refractivity contribution >= 4 is 11.8 Å². The smallest absolute Gasteiger partial charge is 0.390 e. The third-order valence-corrected chi connectivity index (χ3v) is 5.94. The quantitative estimate of drug-likeness (QED) is 0.690. The molecule has 0 saturated heterocycles. The number of nitrogens with zero attached hydrogens (tertiary/aromatic N) is 2. The van der Waals surface area contributed by atoms with Crippen LogP contribution in [-0.2, 0) is 25.1 Å². The van der Waals surface area contributed by atoms with Gasteiger partial charge in [-0.1, -0.05) is 43.2 Å². The van der Waals surface area contributed by atoms with Gasteiger partial charge in [0.05, 0.1) is 24.1 Å². The number of halogens is 3. The first-order valence-corrected chi connectivity index (χ1v) is 9.90. The van der Waals surface area contributed by atoms with Gasteiger partial charge in [0.15, 0.2) is 5.16 Å². The van der Waals surface area contributed by atoms with E-state index in [1.807, 2.05) is 0 Å². The van der Waals surface area contributed by atoms with Gasteiger partial charge < -0.3 is 9.67 Å². The highest BCUT2D eigenvalue weighted by atomic mass is 32.2. The summed E-state index contributed by atoms with van der Waals surface area (Å²) in [5.41, 5.74) is 0.985. The number of rotatable bonds is 6. The van der Waals surface area contributed by atoms with E-state index in [1.165, 1.54) is 56.0 Å². The van der Waals surface area contributed by atoms with Crippen molar-refractivity contribution in [2.45, 2.75) is 62.3 Å². The molecule has 1 aromatic heterocycles. The standard InChI is InChI=1S/C19H23F3N2OS/c20-19(21,22)16-8-6-15(7-9-16)13-26-18-23-10-17(12-25)24(18)11-14-4-2-1-3-5-14/h6-10,14,25H,1-5,11-13H2. The van der Waals surface area contributed by atoms with E-state index in [0.717, 1.165) is 35.1 Å². The summed E-state index contributed by atoms with van der Waals surface area (Å²) in [5.74, 6) is 1.15. The molecule has 0 atom stereocenters. The highest BCUT2D eigenvalue weighted by molar-refractivity contribution is 7.98. The van der Waals surface area contributed by atoms with E-state index in [2.05, 4.69) is 9.55 Å². The SMILES string of the molecule is OCc1cnc(SCc2ccc(C(F)(F)F)cc2)n1CC1CCCCC1. The van der Waals surface area contributed by atoms with Crippen molar-refractivity contribution in [1.29, 1.82) is 0 Å². The second-order valence-electron chi connectivity index (χ2n) is 6.79. The largest absolute Gasteiger partial charge is 0.416 e. The Morgan fingerprint density at radius 3 is 2.42 bits per heavy atom. The van der Waals surface area contributed by atoms with E-state index in [1.54, 1.807) is 6.20 Å². The number of aliphatic hydroxyl groups excluding tert-OH is 1. The van der Waals surface area contributed by atoms with Gasteiger partial charge in [0.2, 0.25) is 0 Å². The monoisotopic (exact) mass is 384 g/mol. The summed E-state index contributed by atoms with van der Waals surface area (Å²) in [7, 11) is 0. The molecule has 26 heavy (non-hydrogen) atoms. The second-order valence-corrected chi connectivity index (χ2v) is 7.73. The lowest BCUT2D eigenvalue weighted by Crippen LogP contribution is -2.16. The van der Waals surface area contributed by atoms with Gasteiger partial charge in [-0.25, -0.2) is 4.98 Å². The average Bonchev–Trinajstić information content (AvgIpc) is 3.02. The van der Waals surface area contributed by atoms with Gasteiger partial charge in [0.1, 0.15) is 0 Å². The van der Waals surface area contributed by atoms with Crippen molar-refractivity contribution in [1.82, 2.24) is 9.55 Å². The van der Waals surface area contributed by atoms with Gasteiger partial charge in [-0.2, -0.15) is 13.2 Å². The van der Waals surface area contributed by atoms with Gasteiger partial charge in [-0.15, -0.1) is 0 Å². The summed E-state index contributed by atoms with van der Waals surface area (Å²) in [5, 5.41) is 10.4. The first-order valence-electron chi connectivity index (χ1n) is 8.91. The number of aliphatic hydroxyl groups is 1. The number of alkyl halides is 3. The Kier molecular flexibility index (Phi) is 6.29. The maximum Gasteiger partial charge on any atom is 0.416 e. The number of benzene rings is 1. The van der Waals surface area contributed by atoms with Crippen LogP contribution >= 0.6 is 11.8 Å². The van der Waals surface area contributed by atoms with Gasteiger partial charge in [-0.05, 0) is 36.5 Å². The fraction of sp³-hybridized carbons (Fsp3) is 0.526. The first-order chi connectivity index (χ1) is 12.5. The first kappa shape index (κ1) is 19.3. The third-order valence-electron chi connectivity index (χ3n) is 4.88. The van der Waals surface area contributed by atoms with Crippen LogP contribution in [-0.4, -0.2) is 14.7 Å². The summed E-state index contributed by atoms with van der Waals surface area (Å²) in [4.78, 5) is 4.41.